The molecule has 1 aromatic carbocycles. The predicted octanol–water partition coefficient (Wildman–Crippen LogP) is 1.86. The largest absolute Gasteiger partial charge is 0.324 e. The standard InChI is InChI=1S/C12H12FN3/c13-11-3-1-9(2-4-11)5-12(14)10-6-15-8-16-7-10/h1-4,6-8,12H,5,14H2. The number of aromatic nitrogens is 2. The van der Waals surface area contributed by atoms with Gasteiger partial charge in [0.15, 0.2) is 0 Å². The normalized spacial score (nSPS) is 12.4. The summed E-state index contributed by atoms with van der Waals surface area (Å²) in [4.78, 5) is 7.82. The Labute approximate surface area is 93.2 Å². The Morgan fingerprint density at radius 2 is 1.75 bits per heavy atom. The van der Waals surface area contributed by atoms with E-state index in [4.69, 9.17) is 5.73 Å². The van der Waals surface area contributed by atoms with E-state index in [9.17, 15) is 4.39 Å². The lowest BCUT2D eigenvalue weighted by atomic mass is 10.0. The van der Waals surface area contributed by atoms with Gasteiger partial charge in [0.05, 0.1) is 0 Å². The van der Waals surface area contributed by atoms with E-state index in [0.29, 0.717) is 6.42 Å². The van der Waals surface area contributed by atoms with Crippen LogP contribution in [0.4, 0.5) is 4.39 Å². The molecule has 3 nitrogen and oxygen atoms in total. The molecule has 0 radical (unpaired) electrons. The summed E-state index contributed by atoms with van der Waals surface area (Å²) < 4.78 is 12.7. The van der Waals surface area contributed by atoms with Crippen LogP contribution in [0.15, 0.2) is 43.0 Å². The Kier molecular flexibility index (Phi) is 3.22. The average molecular weight is 217 g/mol. The third-order valence-corrected chi connectivity index (χ3v) is 2.38. The van der Waals surface area contributed by atoms with Crippen molar-refractivity contribution in [1.29, 1.82) is 0 Å². The number of nitrogens with zero attached hydrogens (tertiary/aromatic N) is 2. The summed E-state index contributed by atoms with van der Waals surface area (Å²) >= 11 is 0. The first-order valence-electron chi connectivity index (χ1n) is 5.00. The summed E-state index contributed by atoms with van der Waals surface area (Å²) in [6.07, 6.45) is 5.50. The number of benzene rings is 1. The van der Waals surface area contributed by atoms with E-state index in [-0.39, 0.29) is 11.9 Å². The third kappa shape index (κ3) is 2.61. The smallest absolute Gasteiger partial charge is 0.123 e. The number of hydrogen-bond acceptors (Lipinski definition) is 3. The van der Waals surface area contributed by atoms with Crippen LogP contribution in [0.5, 0.6) is 0 Å². The minimum atomic E-state index is -0.236. The number of hydrogen-bond donors (Lipinski definition) is 1. The van der Waals surface area contributed by atoms with Crippen molar-refractivity contribution in [3.05, 3.63) is 59.9 Å². The second-order valence-electron chi connectivity index (χ2n) is 3.61. The van der Waals surface area contributed by atoms with E-state index in [1.807, 2.05) is 0 Å². The van der Waals surface area contributed by atoms with Crippen LogP contribution in [0.3, 0.4) is 0 Å². The molecule has 0 aliphatic rings. The second-order valence-corrected chi connectivity index (χ2v) is 3.61. The fourth-order valence-electron chi connectivity index (χ4n) is 1.49. The van der Waals surface area contributed by atoms with Crippen molar-refractivity contribution in [3.63, 3.8) is 0 Å². The summed E-state index contributed by atoms with van der Waals surface area (Å²) in [5.41, 5.74) is 7.87. The highest BCUT2D eigenvalue weighted by Crippen LogP contribution is 2.14. The summed E-state index contributed by atoms with van der Waals surface area (Å²) in [6.45, 7) is 0. The topological polar surface area (TPSA) is 51.8 Å². The summed E-state index contributed by atoms with van der Waals surface area (Å²) in [5, 5.41) is 0. The molecule has 4 heteroatoms. The fourth-order valence-corrected chi connectivity index (χ4v) is 1.49. The molecule has 0 aliphatic carbocycles. The first-order chi connectivity index (χ1) is 7.75. The summed E-state index contributed by atoms with van der Waals surface area (Å²) in [5.74, 6) is -0.236. The molecule has 0 aliphatic heterocycles. The molecule has 1 atom stereocenters. The zero-order valence-corrected chi connectivity index (χ0v) is 8.68. The van der Waals surface area contributed by atoms with Crippen molar-refractivity contribution < 1.29 is 4.39 Å². The fraction of sp³-hybridized carbons (Fsp3) is 0.167. The molecule has 0 saturated heterocycles. The zero-order chi connectivity index (χ0) is 11.4. The van der Waals surface area contributed by atoms with Gasteiger partial charge in [-0.25, -0.2) is 14.4 Å². The van der Waals surface area contributed by atoms with Gasteiger partial charge in [0.2, 0.25) is 0 Å². The molecule has 0 saturated carbocycles. The van der Waals surface area contributed by atoms with Crippen LogP contribution in [0.2, 0.25) is 0 Å². The van der Waals surface area contributed by atoms with Crippen LogP contribution in [0.25, 0.3) is 0 Å². The molecule has 0 amide bonds. The van der Waals surface area contributed by atoms with E-state index in [0.717, 1.165) is 11.1 Å². The maximum absolute atomic E-state index is 12.7. The van der Waals surface area contributed by atoms with Gasteiger partial charge in [0.25, 0.3) is 0 Å². The monoisotopic (exact) mass is 217 g/mol. The molecule has 1 heterocycles. The molecule has 2 N–H and O–H groups in total. The van der Waals surface area contributed by atoms with E-state index < -0.39 is 0 Å². The third-order valence-electron chi connectivity index (χ3n) is 2.38. The lowest BCUT2D eigenvalue weighted by Gasteiger charge is -2.10. The quantitative estimate of drug-likeness (QED) is 0.853. The van der Waals surface area contributed by atoms with Crippen molar-refractivity contribution in [3.8, 4) is 0 Å². The summed E-state index contributed by atoms with van der Waals surface area (Å²) in [7, 11) is 0. The highest BCUT2D eigenvalue weighted by molar-refractivity contribution is 5.20. The Morgan fingerprint density at radius 3 is 2.38 bits per heavy atom. The van der Waals surface area contributed by atoms with Crippen LogP contribution in [-0.2, 0) is 6.42 Å². The number of nitrogens with two attached hydrogens (primary N) is 1. The van der Waals surface area contributed by atoms with Crippen LogP contribution in [0, 0.1) is 5.82 Å². The maximum atomic E-state index is 12.7. The molecule has 0 fully saturated rings. The van der Waals surface area contributed by atoms with Crippen LogP contribution in [-0.4, -0.2) is 9.97 Å². The van der Waals surface area contributed by atoms with E-state index >= 15 is 0 Å². The Balaban J connectivity index is 2.08. The molecule has 0 bridgehead atoms. The first-order valence-corrected chi connectivity index (χ1v) is 5.00. The summed E-state index contributed by atoms with van der Waals surface area (Å²) in [6, 6.07) is 6.18. The Bertz CT molecular complexity index is 442. The van der Waals surface area contributed by atoms with Crippen molar-refractivity contribution >= 4 is 0 Å². The highest BCUT2D eigenvalue weighted by atomic mass is 19.1. The van der Waals surface area contributed by atoms with Crippen LogP contribution in [0.1, 0.15) is 17.2 Å². The van der Waals surface area contributed by atoms with Gasteiger partial charge >= 0.3 is 0 Å². The van der Waals surface area contributed by atoms with Gasteiger partial charge in [0.1, 0.15) is 12.1 Å². The molecule has 1 aromatic heterocycles. The van der Waals surface area contributed by atoms with E-state index in [2.05, 4.69) is 9.97 Å². The van der Waals surface area contributed by atoms with Gasteiger partial charge < -0.3 is 5.73 Å². The van der Waals surface area contributed by atoms with Crippen molar-refractivity contribution in [1.82, 2.24) is 9.97 Å². The molecule has 2 aromatic rings. The maximum Gasteiger partial charge on any atom is 0.123 e. The Hall–Kier alpha value is -1.81. The predicted molar refractivity (Wildman–Crippen MR) is 59.1 cm³/mol. The minimum Gasteiger partial charge on any atom is -0.324 e. The highest BCUT2D eigenvalue weighted by Gasteiger charge is 2.07. The van der Waals surface area contributed by atoms with Gasteiger partial charge in [0, 0.05) is 24.0 Å². The molecular weight excluding hydrogens is 205 g/mol. The van der Waals surface area contributed by atoms with Crippen molar-refractivity contribution in [2.75, 3.05) is 0 Å². The van der Waals surface area contributed by atoms with Crippen molar-refractivity contribution in [2.45, 2.75) is 12.5 Å². The molecular formula is C12H12FN3. The lowest BCUT2D eigenvalue weighted by Crippen LogP contribution is -2.13. The van der Waals surface area contributed by atoms with Gasteiger partial charge in [-0.05, 0) is 24.1 Å². The van der Waals surface area contributed by atoms with Gasteiger partial charge in [-0.2, -0.15) is 0 Å². The second kappa shape index (κ2) is 4.81. The molecule has 1 unspecified atom stereocenters. The van der Waals surface area contributed by atoms with E-state index in [1.165, 1.54) is 18.5 Å². The molecule has 2 rings (SSSR count). The minimum absolute atomic E-state index is 0.160. The average Bonchev–Trinajstić information content (AvgIpc) is 2.33. The van der Waals surface area contributed by atoms with E-state index in [1.54, 1.807) is 24.5 Å². The zero-order valence-electron chi connectivity index (χ0n) is 8.68. The van der Waals surface area contributed by atoms with Gasteiger partial charge in [-0.3, -0.25) is 0 Å². The number of halogens is 1. The van der Waals surface area contributed by atoms with Crippen LogP contribution < -0.4 is 5.73 Å². The van der Waals surface area contributed by atoms with Crippen molar-refractivity contribution in [2.24, 2.45) is 5.73 Å². The molecule has 16 heavy (non-hydrogen) atoms. The SMILES string of the molecule is NC(Cc1ccc(F)cc1)c1cncnc1. The number of rotatable bonds is 3. The van der Waals surface area contributed by atoms with Crippen LogP contribution >= 0.6 is 0 Å². The lowest BCUT2D eigenvalue weighted by molar-refractivity contribution is 0.625. The van der Waals surface area contributed by atoms with Gasteiger partial charge in [-0.1, -0.05) is 12.1 Å². The van der Waals surface area contributed by atoms with Gasteiger partial charge in [-0.15, -0.1) is 0 Å². The first kappa shape index (κ1) is 10.7. The molecule has 82 valence electrons. The molecule has 0 spiro atoms. The Morgan fingerprint density at radius 1 is 1.12 bits per heavy atom.